The van der Waals surface area contributed by atoms with Gasteiger partial charge in [-0.15, -0.1) is 0 Å². The number of halogens is 1. The van der Waals surface area contributed by atoms with Crippen molar-refractivity contribution in [1.29, 1.82) is 0 Å². The van der Waals surface area contributed by atoms with Crippen molar-refractivity contribution < 1.29 is 9.90 Å². The molecule has 2 nitrogen and oxygen atoms in total. The number of benzene rings is 1. The van der Waals surface area contributed by atoms with Gasteiger partial charge in [-0.1, -0.05) is 17.7 Å². The minimum atomic E-state index is -0.886. The molecule has 14 heavy (non-hydrogen) atoms. The fourth-order valence-electron chi connectivity index (χ4n) is 1.56. The third-order valence-electron chi connectivity index (χ3n) is 2.51. The standard InChI is InChI=1S/C11H11ClO2/c12-9-4-3-8(5-7-1-2-7)10(6-9)11(13)14/h3-4,6-7H,1-2,5H2,(H,13,14). The number of rotatable bonds is 3. The summed E-state index contributed by atoms with van der Waals surface area (Å²) < 4.78 is 0. The minimum absolute atomic E-state index is 0.351. The average molecular weight is 211 g/mol. The first-order valence-corrected chi connectivity index (χ1v) is 5.06. The summed E-state index contributed by atoms with van der Waals surface area (Å²) in [5, 5.41) is 9.45. The van der Waals surface area contributed by atoms with Crippen LogP contribution in [0.1, 0.15) is 28.8 Å². The van der Waals surface area contributed by atoms with Gasteiger partial charge < -0.3 is 5.11 Å². The summed E-state index contributed by atoms with van der Waals surface area (Å²) in [7, 11) is 0. The maximum atomic E-state index is 10.9. The van der Waals surface area contributed by atoms with E-state index in [1.165, 1.54) is 18.9 Å². The molecule has 74 valence electrons. The van der Waals surface area contributed by atoms with Gasteiger partial charge in [0.25, 0.3) is 0 Å². The van der Waals surface area contributed by atoms with Gasteiger partial charge in [-0.25, -0.2) is 4.79 Å². The zero-order valence-electron chi connectivity index (χ0n) is 7.66. The summed E-state index contributed by atoms with van der Waals surface area (Å²) in [4.78, 5) is 10.9. The molecule has 1 aliphatic carbocycles. The third-order valence-corrected chi connectivity index (χ3v) is 2.74. The van der Waals surface area contributed by atoms with Crippen LogP contribution in [0.25, 0.3) is 0 Å². The van der Waals surface area contributed by atoms with Crippen LogP contribution in [0, 0.1) is 5.92 Å². The molecule has 0 saturated heterocycles. The van der Waals surface area contributed by atoms with Crippen molar-refractivity contribution in [2.24, 2.45) is 5.92 Å². The Labute approximate surface area is 87.5 Å². The molecule has 0 aromatic heterocycles. The first-order valence-electron chi connectivity index (χ1n) is 4.68. The number of hydrogen-bond donors (Lipinski definition) is 1. The van der Waals surface area contributed by atoms with Crippen LogP contribution in [-0.4, -0.2) is 11.1 Å². The summed E-state index contributed by atoms with van der Waals surface area (Å²) in [5.74, 6) is -0.197. The van der Waals surface area contributed by atoms with Gasteiger partial charge in [0.05, 0.1) is 5.56 Å². The number of aromatic carboxylic acids is 1. The lowest BCUT2D eigenvalue weighted by Gasteiger charge is -2.05. The van der Waals surface area contributed by atoms with Crippen LogP contribution >= 0.6 is 11.6 Å². The molecule has 0 atom stereocenters. The molecule has 0 aliphatic heterocycles. The highest BCUT2D eigenvalue weighted by atomic mass is 35.5. The number of carboxylic acids is 1. The van der Waals surface area contributed by atoms with Crippen molar-refractivity contribution in [2.45, 2.75) is 19.3 Å². The molecule has 0 heterocycles. The summed E-state index contributed by atoms with van der Waals surface area (Å²) in [6.45, 7) is 0. The largest absolute Gasteiger partial charge is 0.478 e. The van der Waals surface area contributed by atoms with Gasteiger partial charge in [-0.3, -0.25) is 0 Å². The van der Waals surface area contributed by atoms with Crippen molar-refractivity contribution in [3.63, 3.8) is 0 Å². The van der Waals surface area contributed by atoms with Gasteiger partial charge in [0.2, 0.25) is 0 Å². The lowest BCUT2D eigenvalue weighted by Crippen LogP contribution is -2.03. The summed E-state index contributed by atoms with van der Waals surface area (Å²) in [6, 6.07) is 5.11. The van der Waals surface area contributed by atoms with E-state index in [1.54, 1.807) is 6.07 Å². The molecule has 1 saturated carbocycles. The first kappa shape index (κ1) is 9.53. The molecule has 0 bridgehead atoms. The minimum Gasteiger partial charge on any atom is -0.478 e. The van der Waals surface area contributed by atoms with Crippen LogP contribution in [0.3, 0.4) is 0 Å². The van der Waals surface area contributed by atoms with Crippen molar-refractivity contribution in [1.82, 2.24) is 0 Å². The Morgan fingerprint density at radius 2 is 2.21 bits per heavy atom. The average Bonchev–Trinajstić information content (AvgIpc) is 2.91. The van der Waals surface area contributed by atoms with Crippen LogP contribution in [0.4, 0.5) is 0 Å². The van der Waals surface area contributed by atoms with E-state index >= 15 is 0 Å². The molecule has 2 rings (SSSR count). The highest BCUT2D eigenvalue weighted by molar-refractivity contribution is 6.30. The van der Waals surface area contributed by atoms with Gasteiger partial charge in [-0.2, -0.15) is 0 Å². The lowest BCUT2D eigenvalue weighted by molar-refractivity contribution is 0.0695. The van der Waals surface area contributed by atoms with Crippen molar-refractivity contribution in [3.05, 3.63) is 34.3 Å². The molecule has 1 N–H and O–H groups in total. The van der Waals surface area contributed by atoms with Gasteiger partial charge in [0.1, 0.15) is 0 Å². The van der Waals surface area contributed by atoms with E-state index < -0.39 is 5.97 Å². The quantitative estimate of drug-likeness (QED) is 0.833. The fourth-order valence-corrected chi connectivity index (χ4v) is 1.73. The molecular weight excluding hydrogens is 200 g/mol. The van der Waals surface area contributed by atoms with Crippen molar-refractivity contribution >= 4 is 17.6 Å². The highest BCUT2D eigenvalue weighted by Crippen LogP contribution is 2.33. The van der Waals surface area contributed by atoms with E-state index in [-0.39, 0.29) is 0 Å². The zero-order chi connectivity index (χ0) is 10.1. The van der Waals surface area contributed by atoms with Gasteiger partial charge in [0.15, 0.2) is 0 Å². The van der Waals surface area contributed by atoms with Crippen molar-refractivity contribution in [2.75, 3.05) is 0 Å². The molecule has 1 aromatic rings. The monoisotopic (exact) mass is 210 g/mol. The second kappa shape index (κ2) is 3.62. The molecular formula is C11H11ClO2. The predicted octanol–water partition coefficient (Wildman–Crippen LogP) is 2.99. The molecule has 3 heteroatoms. The molecule has 1 aromatic carbocycles. The number of carboxylic acid groups (broad SMARTS) is 1. The topological polar surface area (TPSA) is 37.3 Å². The maximum Gasteiger partial charge on any atom is 0.336 e. The Hall–Kier alpha value is -1.02. The molecule has 0 radical (unpaired) electrons. The fraction of sp³-hybridized carbons (Fsp3) is 0.364. The molecule has 0 amide bonds. The van der Waals surface area contributed by atoms with Gasteiger partial charge >= 0.3 is 5.97 Å². The van der Waals surface area contributed by atoms with Crippen LogP contribution < -0.4 is 0 Å². The van der Waals surface area contributed by atoms with E-state index in [4.69, 9.17) is 16.7 Å². The van der Waals surface area contributed by atoms with Crippen molar-refractivity contribution in [3.8, 4) is 0 Å². The third kappa shape index (κ3) is 2.07. The lowest BCUT2D eigenvalue weighted by atomic mass is 10.0. The van der Waals surface area contributed by atoms with Crippen LogP contribution in [0.2, 0.25) is 5.02 Å². The Morgan fingerprint density at radius 3 is 2.79 bits per heavy atom. The predicted molar refractivity (Wildman–Crippen MR) is 54.8 cm³/mol. The van der Waals surface area contributed by atoms with E-state index in [9.17, 15) is 4.79 Å². The normalized spacial score (nSPS) is 15.5. The zero-order valence-corrected chi connectivity index (χ0v) is 8.42. The van der Waals surface area contributed by atoms with Crippen LogP contribution in [0.15, 0.2) is 18.2 Å². The summed E-state index contributed by atoms with van der Waals surface area (Å²) >= 11 is 5.75. The second-order valence-corrected chi connectivity index (χ2v) is 4.19. The molecule has 0 spiro atoms. The highest BCUT2D eigenvalue weighted by Gasteiger charge is 2.23. The van der Waals surface area contributed by atoms with E-state index in [2.05, 4.69) is 0 Å². The maximum absolute atomic E-state index is 10.9. The molecule has 1 aliphatic rings. The van der Waals surface area contributed by atoms with Gasteiger partial charge in [-0.05, 0) is 42.9 Å². The van der Waals surface area contributed by atoms with Gasteiger partial charge in [0, 0.05) is 5.02 Å². The number of carbonyl (C=O) groups is 1. The van der Waals surface area contributed by atoms with E-state index in [1.807, 2.05) is 6.07 Å². The van der Waals surface area contributed by atoms with E-state index in [0.717, 1.165) is 12.0 Å². The smallest absolute Gasteiger partial charge is 0.336 e. The van der Waals surface area contributed by atoms with E-state index in [0.29, 0.717) is 16.5 Å². The Bertz CT molecular complexity index is 370. The Kier molecular flexibility index (Phi) is 2.46. The van der Waals surface area contributed by atoms with Crippen LogP contribution in [0.5, 0.6) is 0 Å². The summed E-state index contributed by atoms with van der Waals surface area (Å²) in [6.07, 6.45) is 3.32. The molecule has 0 unspecified atom stereocenters. The first-order chi connectivity index (χ1) is 6.66. The Morgan fingerprint density at radius 1 is 1.50 bits per heavy atom. The number of hydrogen-bond acceptors (Lipinski definition) is 1. The second-order valence-electron chi connectivity index (χ2n) is 3.75. The molecule has 1 fully saturated rings. The summed E-state index contributed by atoms with van der Waals surface area (Å²) in [5.41, 5.74) is 1.26. The van der Waals surface area contributed by atoms with Crippen LogP contribution in [-0.2, 0) is 6.42 Å². The Balaban J connectivity index is 2.31. The SMILES string of the molecule is O=C(O)c1cc(Cl)ccc1CC1CC1.